The molecule has 1 fully saturated rings. The molecule has 4 heteroatoms. The molecule has 0 amide bonds. The van der Waals surface area contributed by atoms with Crippen molar-refractivity contribution >= 4 is 11.4 Å². The number of morpholine rings is 1. The van der Waals surface area contributed by atoms with Crippen LogP contribution in [0.5, 0.6) is 0 Å². The molecule has 0 aromatic heterocycles. The summed E-state index contributed by atoms with van der Waals surface area (Å²) in [6.45, 7) is 1.73. The van der Waals surface area contributed by atoms with Crippen molar-refractivity contribution in [2.45, 2.75) is 6.23 Å². The van der Waals surface area contributed by atoms with Crippen LogP contribution in [0.1, 0.15) is 0 Å². The van der Waals surface area contributed by atoms with Crippen molar-refractivity contribution in [1.82, 2.24) is 0 Å². The molecule has 1 aromatic rings. The van der Waals surface area contributed by atoms with Gasteiger partial charge in [-0.15, -0.1) is 0 Å². The van der Waals surface area contributed by atoms with E-state index >= 15 is 0 Å². The van der Waals surface area contributed by atoms with Gasteiger partial charge in [-0.3, -0.25) is 0 Å². The van der Waals surface area contributed by atoms with E-state index in [0.29, 0.717) is 19.8 Å². The van der Waals surface area contributed by atoms with Gasteiger partial charge in [-0.25, -0.2) is 0 Å². The predicted octanol–water partition coefficient (Wildman–Crippen LogP) is 0.424. The number of ether oxygens (including phenoxy) is 1. The van der Waals surface area contributed by atoms with E-state index in [4.69, 9.17) is 10.5 Å². The molecular weight excluding hydrogens is 180 g/mol. The first-order chi connectivity index (χ1) is 6.77. The highest BCUT2D eigenvalue weighted by molar-refractivity contribution is 5.53. The van der Waals surface area contributed by atoms with E-state index in [1.165, 1.54) is 0 Å². The van der Waals surface area contributed by atoms with Crippen molar-refractivity contribution in [2.24, 2.45) is 0 Å². The zero-order valence-corrected chi connectivity index (χ0v) is 7.89. The fourth-order valence-electron chi connectivity index (χ4n) is 1.56. The Balaban J connectivity index is 2.16. The van der Waals surface area contributed by atoms with Crippen LogP contribution in [-0.2, 0) is 4.74 Å². The summed E-state index contributed by atoms with van der Waals surface area (Å²) in [7, 11) is 0. The fourth-order valence-corrected chi connectivity index (χ4v) is 1.56. The Morgan fingerprint density at radius 1 is 1.36 bits per heavy atom. The van der Waals surface area contributed by atoms with Crippen molar-refractivity contribution in [3.8, 4) is 0 Å². The molecule has 2 rings (SSSR count). The zero-order chi connectivity index (χ0) is 9.97. The lowest BCUT2D eigenvalue weighted by Gasteiger charge is -2.33. The van der Waals surface area contributed by atoms with E-state index < -0.39 is 6.23 Å². The Labute approximate surface area is 82.9 Å². The quantitative estimate of drug-likeness (QED) is 0.636. The van der Waals surface area contributed by atoms with Gasteiger partial charge in [-0.2, -0.15) is 0 Å². The average Bonchev–Trinajstić information content (AvgIpc) is 2.20. The monoisotopic (exact) mass is 194 g/mol. The van der Waals surface area contributed by atoms with Crippen molar-refractivity contribution in [3.05, 3.63) is 24.3 Å². The predicted molar refractivity (Wildman–Crippen MR) is 55.0 cm³/mol. The van der Waals surface area contributed by atoms with Crippen molar-refractivity contribution in [2.75, 3.05) is 30.4 Å². The van der Waals surface area contributed by atoms with Gasteiger partial charge in [0.2, 0.25) is 0 Å². The van der Waals surface area contributed by atoms with Crippen molar-refractivity contribution in [1.29, 1.82) is 0 Å². The smallest absolute Gasteiger partial charge is 0.150 e. The van der Waals surface area contributed by atoms with Crippen LogP contribution in [-0.4, -0.2) is 31.1 Å². The molecule has 1 aromatic carbocycles. The lowest BCUT2D eigenvalue weighted by atomic mass is 10.2. The molecule has 4 nitrogen and oxygen atoms in total. The minimum atomic E-state index is -0.549. The normalized spacial score (nSPS) is 22.4. The van der Waals surface area contributed by atoms with Crippen LogP contribution in [0, 0.1) is 0 Å². The van der Waals surface area contributed by atoms with Gasteiger partial charge in [0, 0.05) is 17.9 Å². The number of nitrogens with two attached hydrogens (primary N) is 1. The minimum absolute atomic E-state index is 0.365. The third-order valence-corrected chi connectivity index (χ3v) is 2.33. The molecular formula is C10H14N2O2. The van der Waals surface area contributed by atoms with Gasteiger partial charge in [-0.1, -0.05) is 0 Å². The molecule has 1 aliphatic heterocycles. The highest BCUT2D eigenvalue weighted by atomic mass is 16.5. The number of rotatable bonds is 1. The van der Waals surface area contributed by atoms with E-state index in [1.54, 1.807) is 0 Å². The standard InChI is InChI=1S/C10H14N2O2/c11-8-1-3-9(4-2-8)12-5-6-14-7-10(12)13/h1-4,10,13H,5-7,11H2. The van der Waals surface area contributed by atoms with Gasteiger partial charge >= 0.3 is 0 Å². The van der Waals surface area contributed by atoms with E-state index in [0.717, 1.165) is 11.4 Å². The molecule has 1 saturated heterocycles. The van der Waals surface area contributed by atoms with Crippen LogP contribution in [0.4, 0.5) is 11.4 Å². The summed E-state index contributed by atoms with van der Waals surface area (Å²) in [6.07, 6.45) is -0.549. The topological polar surface area (TPSA) is 58.7 Å². The first-order valence-corrected chi connectivity index (χ1v) is 4.65. The Bertz CT molecular complexity index is 299. The van der Waals surface area contributed by atoms with Crippen LogP contribution in [0.3, 0.4) is 0 Å². The van der Waals surface area contributed by atoms with Gasteiger partial charge in [0.25, 0.3) is 0 Å². The molecule has 76 valence electrons. The molecule has 0 bridgehead atoms. The maximum atomic E-state index is 9.66. The molecule has 1 atom stereocenters. The molecule has 0 saturated carbocycles. The van der Waals surface area contributed by atoms with E-state index in [9.17, 15) is 5.11 Å². The van der Waals surface area contributed by atoms with Gasteiger partial charge in [0.1, 0.15) is 0 Å². The number of nitrogen functional groups attached to an aromatic ring is 1. The first-order valence-electron chi connectivity index (χ1n) is 4.65. The van der Waals surface area contributed by atoms with E-state index in [1.807, 2.05) is 29.2 Å². The third-order valence-electron chi connectivity index (χ3n) is 2.33. The Hall–Kier alpha value is -1.26. The Morgan fingerprint density at radius 2 is 2.07 bits per heavy atom. The summed E-state index contributed by atoms with van der Waals surface area (Å²) in [5, 5.41) is 9.66. The van der Waals surface area contributed by atoms with Crippen LogP contribution in [0.2, 0.25) is 0 Å². The number of nitrogens with zero attached hydrogens (tertiary/aromatic N) is 1. The number of hydrogen-bond donors (Lipinski definition) is 2. The maximum Gasteiger partial charge on any atom is 0.150 e. The van der Waals surface area contributed by atoms with Gasteiger partial charge in [0.05, 0.1) is 13.2 Å². The molecule has 14 heavy (non-hydrogen) atoms. The third kappa shape index (κ3) is 1.81. The Kier molecular flexibility index (Phi) is 2.56. The SMILES string of the molecule is Nc1ccc(N2CCOCC2O)cc1. The van der Waals surface area contributed by atoms with Crippen molar-refractivity contribution in [3.63, 3.8) is 0 Å². The summed E-state index contributed by atoms with van der Waals surface area (Å²) in [5.41, 5.74) is 7.30. The second-order valence-electron chi connectivity index (χ2n) is 3.34. The van der Waals surface area contributed by atoms with Crippen LogP contribution in [0.25, 0.3) is 0 Å². The second-order valence-corrected chi connectivity index (χ2v) is 3.34. The highest BCUT2D eigenvalue weighted by Gasteiger charge is 2.20. The number of aliphatic hydroxyl groups is 1. The summed E-state index contributed by atoms with van der Waals surface area (Å²) in [6, 6.07) is 7.47. The maximum absolute atomic E-state index is 9.66. The summed E-state index contributed by atoms with van der Waals surface area (Å²) in [4.78, 5) is 1.91. The lowest BCUT2D eigenvalue weighted by molar-refractivity contribution is 0.00633. The van der Waals surface area contributed by atoms with E-state index in [-0.39, 0.29) is 0 Å². The molecule has 3 N–H and O–H groups in total. The van der Waals surface area contributed by atoms with Crippen LogP contribution in [0.15, 0.2) is 24.3 Å². The van der Waals surface area contributed by atoms with Gasteiger partial charge < -0.3 is 20.5 Å². The van der Waals surface area contributed by atoms with Gasteiger partial charge in [-0.05, 0) is 24.3 Å². The van der Waals surface area contributed by atoms with Crippen LogP contribution < -0.4 is 10.6 Å². The second kappa shape index (κ2) is 3.86. The summed E-state index contributed by atoms with van der Waals surface area (Å²) < 4.78 is 5.14. The molecule has 1 unspecified atom stereocenters. The molecule has 0 spiro atoms. The summed E-state index contributed by atoms with van der Waals surface area (Å²) >= 11 is 0. The number of aliphatic hydroxyl groups excluding tert-OH is 1. The van der Waals surface area contributed by atoms with E-state index in [2.05, 4.69) is 0 Å². The molecule has 0 aliphatic carbocycles. The van der Waals surface area contributed by atoms with Crippen LogP contribution >= 0.6 is 0 Å². The molecule has 0 radical (unpaired) electrons. The summed E-state index contributed by atoms with van der Waals surface area (Å²) in [5.74, 6) is 0. The fraction of sp³-hybridized carbons (Fsp3) is 0.400. The number of hydrogen-bond acceptors (Lipinski definition) is 4. The molecule has 1 heterocycles. The van der Waals surface area contributed by atoms with Gasteiger partial charge in [0.15, 0.2) is 6.23 Å². The largest absolute Gasteiger partial charge is 0.399 e. The zero-order valence-electron chi connectivity index (χ0n) is 7.89. The minimum Gasteiger partial charge on any atom is -0.399 e. The van der Waals surface area contributed by atoms with Crippen molar-refractivity contribution < 1.29 is 9.84 Å². The lowest BCUT2D eigenvalue weighted by Crippen LogP contribution is -2.45. The Morgan fingerprint density at radius 3 is 2.71 bits per heavy atom. The molecule has 1 aliphatic rings. The average molecular weight is 194 g/mol. The number of anilines is 2. The first kappa shape index (κ1) is 9.30. The number of benzene rings is 1. The highest BCUT2D eigenvalue weighted by Crippen LogP contribution is 2.19.